The van der Waals surface area contributed by atoms with Crippen molar-refractivity contribution in [3.8, 4) is 17.2 Å². The molecule has 0 saturated heterocycles. The van der Waals surface area contributed by atoms with Gasteiger partial charge in [-0.2, -0.15) is 0 Å². The SMILES string of the molecule is COc1cc(OC)c(OC)cc1C=N. The molecule has 0 radical (unpaired) electrons. The van der Waals surface area contributed by atoms with Gasteiger partial charge < -0.3 is 19.6 Å². The van der Waals surface area contributed by atoms with E-state index in [-0.39, 0.29) is 0 Å². The van der Waals surface area contributed by atoms with Gasteiger partial charge in [0.25, 0.3) is 0 Å². The van der Waals surface area contributed by atoms with Crippen LogP contribution in [0.1, 0.15) is 5.56 Å². The average molecular weight is 195 g/mol. The zero-order valence-corrected chi connectivity index (χ0v) is 8.46. The monoisotopic (exact) mass is 195 g/mol. The fourth-order valence-corrected chi connectivity index (χ4v) is 1.17. The lowest BCUT2D eigenvalue weighted by Gasteiger charge is -2.11. The summed E-state index contributed by atoms with van der Waals surface area (Å²) >= 11 is 0. The molecule has 0 bridgehead atoms. The third-order valence-corrected chi connectivity index (χ3v) is 1.89. The highest BCUT2D eigenvalue weighted by Gasteiger charge is 2.09. The Labute approximate surface area is 82.9 Å². The van der Waals surface area contributed by atoms with Gasteiger partial charge in [0.1, 0.15) is 5.75 Å². The minimum Gasteiger partial charge on any atom is -0.496 e. The quantitative estimate of drug-likeness (QED) is 0.744. The normalized spacial score (nSPS) is 9.36. The Morgan fingerprint density at radius 1 is 0.929 bits per heavy atom. The molecule has 0 fully saturated rings. The van der Waals surface area contributed by atoms with Crippen LogP contribution in [0, 0.1) is 5.41 Å². The maximum absolute atomic E-state index is 7.19. The average Bonchev–Trinajstić information content (AvgIpc) is 2.26. The van der Waals surface area contributed by atoms with Crippen molar-refractivity contribution in [3.63, 3.8) is 0 Å². The molecule has 1 aromatic carbocycles. The summed E-state index contributed by atoms with van der Waals surface area (Å²) in [6, 6.07) is 3.39. The lowest BCUT2D eigenvalue weighted by Crippen LogP contribution is -1.96. The summed E-state index contributed by atoms with van der Waals surface area (Å²) in [7, 11) is 4.66. The Kier molecular flexibility index (Phi) is 3.34. The van der Waals surface area contributed by atoms with Crippen LogP contribution in [-0.2, 0) is 0 Å². The highest BCUT2D eigenvalue weighted by Crippen LogP contribution is 2.33. The van der Waals surface area contributed by atoms with Gasteiger partial charge in [-0.25, -0.2) is 0 Å². The van der Waals surface area contributed by atoms with E-state index in [9.17, 15) is 0 Å². The fourth-order valence-electron chi connectivity index (χ4n) is 1.17. The van der Waals surface area contributed by atoms with Crippen molar-refractivity contribution in [3.05, 3.63) is 17.7 Å². The van der Waals surface area contributed by atoms with Crippen LogP contribution < -0.4 is 14.2 Å². The van der Waals surface area contributed by atoms with Crippen LogP contribution in [0.3, 0.4) is 0 Å². The Bertz CT molecular complexity index is 336. The summed E-state index contributed by atoms with van der Waals surface area (Å²) in [5.74, 6) is 1.78. The van der Waals surface area contributed by atoms with Crippen molar-refractivity contribution in [1.82, 2.24) is 0 Å². The number of rotatable bonds is 4. The molecule has 14 heavy (non-hydrogen) atoms. The second kappa shape index (κ2) is 4.50. The first-order valence-electron chi connectivity index (χ1n) is 4.07. The van der Waals surface area contributed by atoms with Crippen LogP contribution in [0.5, 0.6) is 17.2 Å². The molecule has 0 unspecified atom stereocenters. The van der Waals surface area contributed by atoms with Gasteiger partial charge in [0, 0.05) is 17.8 Å². The molecule has 0 spiro atoms. The Balaban J connectivity index is 3.27. The van der Waals surface area contributed by atoms with E-state index < -0.39 is 0 Å². The molecule has 1 aromatic rings. The van der Waals surface area contributed by atoms with Crippen LogP contribution in [0.2, 0.25) is 0 Å². The number of nitrogens with one attached hydrogen (secondary N) is 1. The Hall–Kier alpha value is -1.71. The van der Waals surface area contributed by atoms with E-state index in [1.165, 1.54) is 6.21 Å². The molecule has 0 aliphatic heterocycles. The second-order valence-corrected chi connectivity index (χ2v) is 2.59. The van der Waals surface area contributed by atoms with Gasteiger partial charge in [0.05, 0.1) is 21.3 Å². The molecule has 4 nitrogen and oxygen atoms in total. The molecular formula is C10H13NO3. The molecule has 0 heterocycles. The van der Waals surface area contributed by atoms with Gasteiger partial charge in [-0.15, -0.1) is 0 Å². The van der Waals surface area contributed by atoms with Crippen molar-refractivity contribution in [1.29, 1.82) is 5.41 Å². The fraction of sp³-hybridized carbons (Fsp3) is 0.300. The number of methoxy groups -OCH3 is 3. The maximum Gasteiger partial charge on any atom is 0.164 e. The van der Waals surface area contributed by atoms with Crippen LogP contribution in [-0.4, -0.2) is 27.5 Å². The zero-order valence-electron chi connectivity index (χ0n) is 8.46. The summed E-state index contributed by atoms with van der Waals surface area (Å²) in [6.07, 6.45) is 1.21. The van der Waals surface area contributed by atoms with E-state index >= 15 is 0 Å². The Morgan fingerprint density at radius 2 is 1.43 bits per heavy atom. The number of benzene rings is 1. The second-order valence-electron chi connectivity index (χ2n) is 2.59. The van der Waals surface area contributed by atoms with Crippen LogP contribution >= 0.6 is 0 Å². The summed E-state index contributed by atoms with van der Waals surface area (Å²) in [4.78, 5) is 0. The number of ether oxygens (including phenoxy) is 3. The third kappa shape index (κ3) is 1.79. The molecule has 0 saturated carbocycles. The van der Waals surface area contributed by atoms with Crippen molar-refractivity contribution >= 4 is 6.21 Å². The topological polar surface area (TPSA) is 51.5 Å². The largest absolute Gasteiger partial charge is 0.496 e. The lowest BCUT2D eigenvalue weighted by atomic mass is 10.2. The highest BCUT2D eigenvalue weighted by molar-refractivity contribution is 5.83. The molecule has 0 aliphatic rings. The molecule has 1 rings (SSSR count). The van der Waals surface area contributed by atoms with E-state index in [4.69, 9.17) is 19.6 Å². The van der Waals surface area contributed by atoms with E-state index in [1.54, 1.807) is 33.5 Å². The van der Waals surface area contributed by atoms with Crippen LogP contribution in [0.4, 0.5) is 0 Å². The van der Waals surface area contributed by atoms with Crippen molar-refractivity contribution in [2.75, 3.05) is 21.3 Å². The minimum absolute atomic E-state index is 0.590. The van der Waals surface area contributed by atoms with E-state index in [0.29, 0.717) is 22.8 Å². The molecular weight excluding hydrogens is 182 g/mol. The first-order valence-corrected chi connectivity index (χ1v) is 4.07. The highest BCUT2D eigenvalue weighted by atomic mass is 16.5. The van der Waals surface area contributed by atoms with Crippen molar-refractivity contribution in [2.24, 2.45) is 0 Å². The van der Waals surface area contributed by atoms with Crippen molar-refractivity contribution < 1.29 is 14.2 Å². The first-order chi connectivity index (χ1) is 6.76. The van der Waals surface area contributed by atoms with Gasteiger partial charge in [-0.1, -0.05) is 0 Å². The van der Waals surface area contributed by atoms with E-state index in [1.807, 2.05) is 0 Å². The van der Waals surface area contributed by atoms with Gasteiger partial charge >= 0.3 is 0 Å². The predicted octanol–water partition coefficient (Wildman–Crippen LogP) is 1.71. The first kappa shape index (κ1) is 10.4. The number of hydrogen-bond donors (Lipinski definition) is 1. The molecule has 4 heteroatoms. The summed E-state index contributed by atoms with van der Waals surface area (Å²) in [5.41, 5.74) is 0.658. The molecule has 0 aromatic heterocycles. The van der Waals surface area contributed by atoms with Gasteiger partial charge in [-0.05, 0) is 6.07 Å². The molecule has 1 N–H and O–H groups in total. The number of hydrogen-bond acceptors (Lipinski definition) is 4. The Morgan fingerprint density at radius 3 is 1.86 bits per heavy atom. The summed E-state index contributed by atoms with van der Waals surface area (Å²) in [5, 5.41) is 7.19. The standard InChI is InChI=1S/C10H13NO3/c1-12-8-5-10(14-3)9(13-2)4-7(8)6-11/h4-6,11H,1-3H3. The minimum atomic E-state index is 0.590. The van der Waals surface area contributed by atoms with Gasteiger partial charge in [-0.3, -0.25) is 0 Å². The summed E-state index contributed by atoms with van der Waals surface area (Å²) in [6.45, 7) is 0. The zero-order chi connectivity index (χ0) is 10.6. The molecule has 0 amide bonds. The molecule has 76 valence electrons. The smallest absolute Gasteiger partial charge is 0.164 e. The lowest BCUT2D eigenvalue weighted by molar-refractivity contribution is 0.349. The van der Waals surface area contributed by atoms with Gasteiger partial charge in [0.15, 0.2) is 11.5 Å². The third-order valence-electron chi connectivity index (χ3n) is 1.89. The molecule has 0 aliphatic carbocycles. The van der Waals surface area contributed by atoms with Crippen LogP contribution in [0.15, 0.2) is 12.1 Å². The van der Waals surface area contributed by atoms with E-state index in [2.05, 4.69) is 0 Å². The maximum atomic E-state index is 7.19. The van der Waals surface area contributed by atoms with Gasteiger partial charge in [0.2, 0.25) is 0 Å². The van der Waals surface area contributed by atoms with Crippen molar-refractivity contribution in [2.45, 2.75) is 0 Å². The summed E-state index contributed by atoms with van der Waals surface area (Å²) < 4.78 is 15.3. The molecule has 0 atom stereocenters. The van der Waals surface area contributed by atoms with Crippen LogP contribution in [0.25, 0.3) is 0 Å². The predicted molar refractivity (Wildman–Crippen MR) is 54.0 cm³/mol. The van der Waals surface area contributed by atoms with E-state index in [0.717, 1.165) is 0 Å².